The second-order valence-corrected chi connectivity index (χ2v) is 8.73. The predicted molar refractivity (Wildman–Crippen MR) is 119 cm³/mol. The summed E-state index contributed by atoms with van der Waals surface area (Å²) >= 11 is 0. The zero-order valence-electron chi connectivity index (χ0n) is 17.4. The zero-order chi connectivity index (χ0) is 20.3. The van der Waals surface area contributed by atoms with Gasteiger partial charge in [-0.05, 0) is 63.6 Å². The number of benzene rings is 3. The second-order valence-electron chi connectivity index (χ2n) is 6.71. The summed E-state index contributed by atoms with van der Waals surface area (Å²) in [6.45, 7) is 6.42. The van der Waals surface area contributed by atoms with Gasteiger partial charge in [0.2, 0.25) is 0 Å². The summed E-state index contributed by atoms with van der Waals surface area (Å²) in [6, 6.07) is 18.6. The van der Waals surface area contributed by atoms with E-state index in [9.17, 15) is 0 Å². The van der Waals surface area contributed by atoms with Crippen LogP contribution in [0.25, 0.3) is 0 Å². The van der Waals surface area contributed by atoms with Gasteiger partial charge in [0.15, 0.2) is 0 Å². The van der Waals surface area contributed by atoms with E-state index in [1.165, 1.54) is 32.6 Å². The van der Waals surface area contributed by atoms with E-state index in [1.807, 2.05) is 36.4 Å². The standard InChI is InChI=1S/C24H27O3P/c1-16-10-7-13-19(25-4)22(16)28(23-17(2)11-8-14-20(23)26-5)24-18(3)12-9-15-21(24)27-6/h7-15H,1-6H3. The van der Waals surface area contributed by atoms with Crippen LogP contribution in [0.4, 0.5) is 0 Å². The van der Waals surface area contributed by atoms with Gasteiger partial charge < -0.3 is 14.2 Å². The van der Waals surface area contributed by atoms with Crippen molar-refractivity contribution in [2.75, 3.05) is 21.3 Å². The summed E-state index contributed by atoms with van der Waals surface area (Å²) < 4.78 is 17.4. The molecule has 0 atom stereocenters. The second kappa shape index (κ2) is 8.67. The number of hydrogen-bond donors (Lipinski definition) is 0. The lowest BCUT2D eigenvalue weighted by molar-refractivity contribution is 0.416. The van der Waals surface area contributed by atoms with Crippen molar-refractivity contribution >= 4 is 23.8 Å². The first-order chi connectivity index (χ1) is 13.5. The summed E-state index contributed by atoms with van der Waals surface area (Å²) in [5.74, 6) is 2.67. The van der Waals surface area contributed by atoms with Crippen LogP contribution in [0, 0.1) is 20.8 Å². The third kappa shape index (κ3) is 3.59. The fourth-order valence-electron chi connectivity index (χ4n) is 3.59. The van der Waals surface area contributed by atoms with E-state index in [0.29, 0.717) is 0 Å². The highest BCUT2D eigenvalue weighted by Gasteiger charge is 2.30. The molecule has 0 aliphatic heterocycles. The third-order valence-corrected chi connectivity index (χ3v) is 7.99. The maximum atomic E-state index is 5.81. The van der Waals surface area contributed by atoms with Crippen molar-refractivity contribution in [3.05, 3.63) is 71.3 Å². The minimum absolute atomic E-state index is 0.890. The van der Waals surface area contributed by atoms with E-state index >= 15 is 0 Å². The maximum Gasteiger partial charge on any atom is 0.127 e. The molecule has 3 nitrogen and oxygen atoms in total. The van der Waals surface area contributed by atoms with Gasteiger partial charge in [-0.15, -0.1) is 0 Å². The minimum atomic E-state index is -0.963. The molecule has 0 aliphatic rings. The van der Waals surface area contributed by atoms with Crippen LogP contribution >= 0.6 is 7.92 Å². The SMILES string of the molecule is COc1cccc(C)c1P(c1c(C)cccc1OC)c1c(C)cccc1OC. The minimum Gasteiger partial charge on any atom is -0.496 e. The number of ether oxygens (including phenoxy) is 3. The van der Waals surface area contributed by atoms with Crippen LogP contribution < -0.4 is 30.1 Å². The fraction of sp³-hybridized carbons (Fsp3) is 0.250. The topological polar surface area (TPSA) is 27.7 Å². The largest absolute Gasteiger partial charge is 0.496 e. The molecule has 0 bridgehead atoms. The van der Waals surface area contributed by atoms with Crippen LogP contribution in [0.3, 0.4) is 0 Å². The van der Waals surface area contributed by atoms with Gasteiger partial charge in [0.25, 0.3) is 0 Å². The molecular formula is C24H27O3P. The molecule has 0 saturated heterocycles. The van der Waals surface area contributed by atoms with Crippen molar-refractivity contribution in [2.24, 2.45) is 0 Å². The number of hydrogen-bond acceptors (Lipinski definition) is 3. The van der Waals surface area contributed by atoms with Crippen LogP contribution in [-0.2, 0) is 0 Å². The van der Waals surface area contributed by atoms with Crippen LogP contribution in [-0.4, -0.2) is 21.3 Å². The van der Waals surface area contributed by atoms with Gasteiger partial charge in [0.05, 0.1) is 21.3 Å². The molecule has 28 heavy (non-hydrogen) atoms. The molecular weight excluding hydrogens is 367 g/mol. The molecule has 0 saturated carbocycles. The quantitative estimate of drug-likeness (QED) is 0.580. The Balaban J connectivity index is 2.46. The average Bonchev–Trinajstić information content (AvgIpc) is 2.70. The predicted octanol–water partition coefficient (Wildman–Crippen LogP) is 4.40. The van der Waals surface area contributed by atoms with Crippen molar-refractivity contribution < 1.29 is 14.2 Å². The van der Waals surface area contributed by atoms with Crippen LogP contribution in [0.15, 0.2) is 54.6 Å². The Kier molecular flexibility index (Phi) is 6.26. The van der Waals surface area contributed by atoms with Gasteiger partial charge in [0.1, 0.15) is 17.2 Å². The Bertz CT molecular complexity index is 854. The van der Waals surface area contributed by atoms with E-state index in [1.54, 1.807) is 21.3 Å². The number of rotatable bonds is 6. The van der Waals surface area contributed by atoms with E-state index in [2.05, 4.69) is 39.0 Å². The van der Waals surface area contributed by atoms with Gasteiger partial charge in [-0.1, -0.05) is 36.4 Å². The summed E-state index contributed by atoms with van der Waals surface area (Å²) in [7, 11) is 4.23. The Labute approximate surface area is 169 Å². The normalized spacial score (nSPS) is 10.8. The smallest absolute Gasteiger partial charge is 0.127 e. The summed E-state index contributed by atoms with van der Waals surface area (Å²) in [4.78, 5) is 0. The molecule has 3 rings (SSSR count). The van der Waals surface area contributed by atoms with Crippen molar-refractivity contribution in [2.45, 2.75) is 20.8 Å². The lowest BCUT2D eigenvalue weighted by Crippen LogP contribution is -2.28. The number of aryl methyl sites for hydroxylation is 3. The van der Waals surface area contributed by atoms with E-state index in [4.69, 9.17) is 14.2 Å². The maximum absolute atomic E-state index is 5.81. The van der Waals surface area contributed by atoms with Gasteiger partial charge in [-0.3, -0.25) is 0 Å². The third-order valence-electron chi connectivity index (χ3n) is 4.93. The lowest BCUT2D eigenvalue weighted by Gasteiger charge is -2.28. The molecule has 3 aromatic carbocycles. The molecule has 0 N–H and O–H groups in total. The van der Waals surface area contributed by atoms with Crippen LogP contribution in [0.1, 0.15) is 16.7 Å². The van der Waals surface area contributed by atoms with Crippen LogP contribution in [0.2, 0.25) is 0 Å². The van der Waals surface area contributed by atoms with E-state index in [-0.39, 0.29) is 0 Å². The highest BCUT2D eigenvalue weighted by Crippen LogP contribution is 2.44. The first-order valence-corrected chi connectivity index (χ1v) is 10.6. The Morgan fingerprint density at radius 1 is 0.500 bits per heavy atom. The molecule has 0 amide bonds. The van der Waals surface area contributed by atoms with Crippen molar-refractivity contribution in [3.63, 3.8) is 0 Å². The van der Waals surface area contributed by atoms with Crippen molar-refractivity contribution in [1.29, 1.82) is 0 Å². The number of methoxy groups -OCH3 is 3. The highest BCUT2D eigenvalue weighted by molar-refractivity contribution is 7.80. The first kappa shape index (κ1) is 20.2. The Hall–Kier alpha value is -2.51. The summed E-state index contributed by atoms with van der Waals surface area (Å²) in [5.41, 5.74) is 3.59. The fourth-order valence-corrected chi connectivity index (χ4v) is 6.70. The van der Waals surface area contributed by atoms with E-state index < -0.39 is 7.92 Å². The molecule has 0 aliphatic carbocycles. The van der Waals surface area contributed by atoms with Gasteiger partial charge in [0, 0.05) is 15.9 Å². The molecule has 0 spiro atoms. The summed E-state index contributed by atoms with van der Waals surface area (Å²) in [5, 5.41) is 3.58. The average molecular weight is 394 g/mol. The summed E-state index contributed by atoms with van der Waals surface area (Å²) in [6.07, 6.45) is 0. The Morgan fingerprint density at radius 3 is 1.04 bits per heavy atom. The molecule has 0 aromatic heterocycles. The first-order valence-electron chi connectivity index (χ1n) is 9.24. The van der Waals surface area contributed by atoms with Gasteiger partial charge in [-0.25, -0.2) is 0 Å². The molecule has 0 radical (unpaired) electrons. The van der Waals surface area contributed by atoms with Crippen molar-refractivity contribution in [3.8, 4) is 17.2 Å². The van der Waals surface area contributed by atoms with Gasteiger partial charge >= 0.3 is 0 Å². The highest BCUT2D eigenvalue weighted by atomic mass is 31.1. The molecule has 0 heterocycles. The van der Waals surface area contributed by atoms with E-state index in [0.717, 1.165) is 17.2 Å². The molecule has 146 valence electrons. The zero-order valence-corrected chi connectivity index (χ0v) is 18.3. The van der Waals surface area contributed by atoms with Crippen molar-refractivity contribution in [1.82, 2.24) is 0 Å². The van der Waals surface area contributed by atoms with Crippen LogP contribution in [0.5, 0.6) is 17.2 Å². The van der Waals surface area contributed by atoms with Gasteiger partial charge in [-0.2, -0.15) is 0 Å². The molecule has 4 heteroatoms. The molecule has 0 unspecified atom stereocenters. The Morgan fingerprint density at radius 2 is 0.786 bits per heavy atom. The molecule has 3 aromatic rings. The molecule has 0 fully saturated rings. The lowest BCUT2D eigenvalue weighted by atomic mass is 10.2. The monoisotopic (exact) mass is 394 g/mol.